The largest absolute Gasteiger partial charge is 0.378 e. The number of ether oxygens (including phenoxy) is 1. The van der Waals surface area contributed by atoms with Crippen LogP contribution in [0.4, 0.5) is 11.5 Å². The van der Waals surface area contributed by atoms with E-state index in [-0.39, 0.29) is 17.8 Å². The highest BCUT2D eigenvalue weighted by Crippen LogP contribution is 2.30. The zero-order valence-electron chi connectivity index (χ0n) is 12.9. The molecule has 6 nitrogen and oxygen atoms in total. The van der Waals surface area contributed by atoms with Crippen LogP contribution in [0, 0.1) is 16.0 Å². The average Bonchev–Trinajstić information content (AvgIpc) is 2.50. The Hall–Kier alpha value is -1.21. The van der Waals surface area contributed by atoms with Gasteiger partial charge in [0.05, 0.1) is 11.0 Å². The van der Waals surface area contributed by atoms with E-state index >= 15 is 0 Å². The van der Waals surface area contributed by atoms with Gasteiger partial charge in [-0.1, -0.05) is 26.7 Å². The molecule has 0 aromatic carbocycles. The Morgan fingerprint density at radius 2 is 2.27 bits per heavy atom. The van der Waals surface area contributed by atoms with Crippen LogP contribution in [0.25, 0.3) is 0 Å². The maximum Gasteiger partial charge on any atom is 0.312 e. The molecular formula is C15H22BrN3O3. The van der Waals surface area contributed by atoms with Gasteiger partial charge in [0.25, 0.3) is 0 Å². The van der Waals surface area contributed by atoms with Crippen LogP contribution in [0.1, 0.15) is 39.5 Å². The van der Waals surface area contributed by atoms with Crippen molar-refractivity contribution >= 4 is 27.4 Å². The van der Waals surface area contributed by atoms with E-state index in [1.807, 2.05) is 0 Å². The van der Waals surface area contributed by atoms with Gasteiger partial charge in [0, 0.05) is 29.4 Å². The molecule has 0 saturated carbocycles. The zero-order valence-corrected chi connectivity index (χ0v) is 14.5. The Labute approximate surface area is 138 Å². The van der Waals surface area contributed by atoms with Crippen LogP contribution in [-0.4, -0.2) is 28.7 Å². The van der Waals surface area contributed by atoms with Crippen LogP contribution in [0.15, 0.2) is 16.7 Å². The molecule has 0 amide bonds. The number of nitrogens with zero attached hydrogens (tertiary/aromatic N) is 2. The minimum atomic E-state index is -0.405. The monoisotopic (exact) mass is 371 g/mol. The number of hydrogen-bond donors (Lipinski definition) is 1. The fourth-order valence-corrected chi connectivity index (χ4v) is 3.29. The summed E-state index contributed by atoms with van der Waals surface area (Å²) in [5, 5.41) is 14.4. The highest BCUT2D eigenvalue weighted by Gasteiger charge is 2.29. The molecule has 0 radical (unpaired) electrons. The predicted molar refractivity (Wildman–Crippen MR) is 89.0 cm³/mol. The molecule has 2 atom stereocenters. The highest BCUT2D eigenvalue weighted by molar-refractivity contribution is 9.10. The SMILES string of the molecule is CCC(CC)C1CC(Nc2ncc(Br)cc2[N+](=O)[O-])CCO1. The summed E-state index contributed by atoms with van der Waals surface area (Å²) in [5.74, 6) is 0.876. The number of anilines is 1. The van der Waals surface area contributed by atoms with Crippen LogP contribution in [0.2, 0.25) is 0 Å². The predicted octanol–water partition coefficient (Wildman–Crippen LogP) is 4.15. The van der Waals surface area contributed by atoms with Crippen LogP contribution >= 0.6 is 15.9 Å². The van der Waals surface area contributed by atoms with E-state index in [2.05, 4.69) is 40.1 Å². The first-order chi connectivity index (χ1) is 10.5. The molecule has 1 saturated heterocycles. The normalized spacial score (nSPS) is 21.8. The molecule has 1 aliphatic rings. The number of pyridine rings is 1. The number of hydrogen-bond acceptors (Lipinski definition) is 5. The number of rotatable bonds is 6. The first-order valence-electron chi connectivity index (χ1n) is 7.73. The third-order valence-corrected chi connectivity index (χ3v) is 4.70. The second-order valence-electron chi connectivity index (χ2n) is 5.63. The lowest BCUT2D eigenvalue weighted by molar-refractivity contribution is -0.384. The van der Waals surface area contributed by atoms with Gasteiger partial charge in [-0.3, -0.25) is 10.1 Å². The van der Waals surface area contributed by atoms with Crippen molar-refractivity contribution in [3.8, 4) is 0 Å². The van der Waals surface area contributed by atoms with Crippen molar-refractivity contribution in [1.82, 2.24) is 4.98 Å². The van der Waals surface area contributed by atoms with Crippen molar-refractivity contribution in [2.24, 2.45) is 5.92 Å². The van der Waals surface area contributed by atoms with Crippen molar-refractivity contribution in [2.75, 3.05) is 11.9 Å². The van der Waals surface area contributed by atoms with Crippen molar-refractivity contribution in [2.45, 2.75) is 51.7 Å². The van der Waals surface area contributed by atoms with Crippen LogP contribution < -0.4 is 5.32 Å². The molecule has 1 N–H and O–H groups in total. The molecule has 0 aliphatic carbocycles. The number of nitro groups is 1. The van der Waals surface area contributed by atoms with Crippen LogP contribution in [0.3, 0.4) is 0 Å². The molecule has 1 fully saturated rings. The van der Waals surface area contributed by atoms with Gasteiger partial charge in [0.1, 0.15) is 0 Å². The molecule has 0 bridgehead atoms. The summed E-state index contributed by atoms with van der Waals surface area (Å²) in [4.78, 5) is 14.9. The molecule has 0 spiro atoms. The van der Waals surface area contributed by atoms with E-state index < -0.39 is 4.92 Å². The summed E-state index contributed by atoms with van der Waals surface area (Å²) < 4.78 is 6.49. The van der Waals surface area contributed by atoms with Crippen molar-refractivity contribution < 1.29 is 9.66 Å². The third kappa shape index (κ3) is 4.16. The van der Waals surface area contributed by atoms with Gasteiger partial charge >= 0.3 is 5.69 Å². The average molecular weight is 372 g/mol. The molecule has 7 heteroatoms. The standard InChI is InChI=1S/C15H22BrN3O3/c1-3-10(4-2)14-8-12(5-6-22-14)18-15-13(19(20)21)7-11(16)9-17-15/h7,9-10,12,14H,3-6,8H2,1-2H3,(H,17,18). The summed E-state index contributed by atoms with van der Waals surface area (Å²) in [6.07, 6.45) is 5.67. The van der Waals surface area contributed by atoms with Gasteiger partial charge in [-0.2, -0.15) is 0 Å². The number of nitrogens with one attached hydrogen (secondary N) is 1. The maximum absolute atomic E-state index is 11.2. The summed E-state index contributed by atoms with van der Waals surface area (Å²) in [6, 6.07) is 1.64. The Morgan fingerprint density at radius 1 is 1.55 bits per heavy atom. The molecule has 1 aromatic heterocycles. The van der Waals surface area contributed by atoms with E-state index in [0.29, 0.717) is 22.8 Å². The Morgan fingerprint density at radius 3 is 2.91 bits per heavy atom. The quantitative estimate of drug-likeness (QED) is 0.600. The van der Waals surface area contributed by atoms with Crippen molar-refractivity contribution in [1.29, 1.82) is 0 Å². The molecule has 2 heterocycles. The maximum atomic E-state index is 11.2. The molecule has 2 unspecified atom stereocenters. The summed E-state index contributed by atoms with van der Waals surface area (Å²) in [6.45, 7) is 5.04. The lowest BCUT2D eigenvalue weighted by Crippen LogP contribution is -2.38. The van der Waals surface area contributed by atoms with Crippen LogP contribution in [-0.2, 0) is 4.74 Å². The lowest BCUT2D eigenvalue weighted by Gasteiger charge is -2.34. The fraction of sp³-hybridized carbons (Fsp3) is 0.667. The Kier molecular flexibility index (Phi) is 6.14. The lowest BCUT2D eigenvalue weighted by atomic mass is 9.89. The molecule has 1 aromatic rings. The number of halogens is 1. The Balaban J connectivity index is 2.09. The van der Waals surface area contributed by atoms with Gasteiger partial charge in [-0.15, -0.1) is 0 Å². The minimum absolute atomic E-state index is 0.0000464. The molecular weight excluding hydrogens is 350 g/mol. The summed E-state index contributed by atoms with van der Waals surface area (Å²) >= 11 is 3.22. The van der Waals surface area contributed by atoms with E-state index in [4.69, 9.17) is 4.74 Å². The molecule has 2 rings (SSSR count). The number of aromatic nitrogens is 1. The third-order valence-electron chi connectivity index (χ3n) is 4.26. The topological polar surface area (TPSA) is 77.3 Å². The van der Waals surface area contributed by atoms with E-state index in [9.17, 15) is 10.1 Å². The highest BCUT2D eigenvalue weighted by atomic mass is 79.9. The van der Waals surface area contributed by atoms with Gasteiger partial charge in [-0.25, -0.2) is 4.98 Å². The van der Waals surface area contributed by atoms with Gasteiger partial charge in [0.15, 0.2) is 0 Å². The molecule has 22 heavy (non-hydrogen) atoms. The first-order valence-corrected chi connectivity index (χ1v) is 8.52. The van der Waals surface area contributed by atoms with E-state index in [1.54, 1.807) is 6.20 Å². The smallest absolute Gasteiger partial charge is 0.312 e. The zero-order chi connectivity index (χ0) is 16.1. The van der Waals surface area contributed by atoms with Gasteiger partial charge < -0.3 is 10.1 Å². The second-order valence-corrected chi connectivity index (χ2v) is 6.55. The second kappa shape index (κ2) is 7.87. The fourth-order valence-electron chi connectivity index (χ4n) is 2.97. The summed E-state index contributed by atoms with van der Waals surface area (Å²) in [5.41, 5.74) is -0.0000464. The van der Waals surface area contributed by atoms with Crippen molar-refractivity contribution in [3.05, 3.63) is 26.9 Å². The summed E-state index contributed by atoms with van der Waals surface area (Å²) in [7, 11) is 0. The van der Waals surface area contributed by atoms with E-state index in [1.165, 1.54) is 6.07 Å². The molecule has 1 aliphatic heterocycles. The molecule has 122 valence electrons. The Bertz CT molecular complexity index is 523. The van der Waals surface area contributed by atoms with Gasteiger partial charge in [0.2, 0.25) is 5.82 Å². The van der Waals surface area contributed by atoms with E-state index in [0.717, 1.165) is 25.7 Å². The van der Waals surface area contributed by atoms with Crippen LogP contribution in [0.5, 0.6) is 0 Å². The first kappa shape index (κ1) is 17.1. The van der Waals surface area contributed by atoms with Crippen molar-refractivity contribution in [3.63, 3.8) is 0 Å². The van der Waals surface area contributed by atoms with Gasteiger partial charge in [-0.05, 0) is 34.7 Å². The minimum Gasteiger partial charge on any atom is -0.378 e.